The van der Waals surface area contributed by atoms with Crippen LogP contribution in [0.3, 0.4) is 0 Å². The summed E-state index contributed by atoms with van der Waals surface area (Å²) in [6.07, 6.45) is 3.49. The van der Waals surface area contributed by atoms with Crippen molar-refractivity contribution in [2.24, 2.45) is 0 Å². The summed E-state index contributed by atoms with van der Waals surface area (Å²) in [5, 5.41) is 6.06. The molecule has 3 heteroatoms. The van der Waals surface area contributed by atoms with Gasteiger partial charge in [0, 0.05) is 6.61 Å². The highest BCUT2D eigenvalue weighted by Crippen LogP contribution is 2.40. The molecule has 0 aliphatic carbocycles. The van der Waals surface area contributed by atoms with E-state index in [4.69, 9.17) is 4.43 Å². The van der Waals surface area contributed by atoms with E-state index in [2.05, 4.69) is 163 Å². The molecule has 0 heterocycles. The Labute approximate surface area is 245 Å². The molecule has 0 aliphatic heterocycles. The maximum absolute atomic E-state index is 7.19. The fourth-order valence-electron chi connectivity index (χ4n) is 6.80. The molecule has 0 aromatic heterocycles. The van der Waals surface area contributed by atoms with Crippen LogP contribution in [0.25, 0.3) is 0 Å². The second-order valence-electron chi connectivity index (χ2n) is 13.2. The summed E-state index contributed by atoms with van der Waals surface area (Å²) in [7, 11) is -4.49. The van der Waals surface area contributed by atoms with Crippen molar-refractivity contribution in [3.05, 3.63) is 121 Å². The van der Waals surface area contributed by atoms with E-state index < -0.39 is 16.4 Å². The Bertz CT molecular complexity index is 1110. The number of unbranched alkanes of at least 4 members (excludes halogenated alkanes) is 2. The van der Waals surface area contributed by atoms with Crippen LogP contribution in [0.1, 0.15) is 60.8 Å². The monoisotopic (exact) mass is 564 g/mol. The van der Waals surface area contributed by atoms with Crippen LogP contribution < -0.4 is 20.7 Å². The highest BCUT2D eigenvalue weighted by atomic mass is 28.4. The lowest BCUT2D eigenvalue weighted by Gasteiger charge is -2.44. The minimum absolute atomic E-state index is 0.0185. The molecule has 0 atom stereocenters. The van der Waals surface area contributed by atoms with Crippen molar-refractivity contribution in [1.82, 2.24) is 0 Å². The van der Waals surface area contributed by atoms with Gasteiger partial charge in [0.05, 0.1) is 0 Å². The van der Waals surface area contributed by atoms with Gasteiger partial charge in [-0.3, -0.25) is 0 Å². The van der Waals surface area contributed by atoms with Gasteiger partial charge >= 0.3 is 0 Å². The van der Waals surface area contributed by atoms with Crippen LogP contribution in [0.2, 0.25) is 16.1 Å². The topological polar surface area (TPSA) is 9.23 Å². The summed E-state index contributed by atoms with van der Waals surface area (Å²) < 4.78 is 7.19. The van der Waals surface area contributed by atoms with Crippen LogP contribution in [0, 0.1) is 0 Å². The van der Waals surface area contributed by atoms with Gasteiger partial charge in [0.25, 0.3) is 8.32 Å². The molecule has 0 aliphatic rings. The lowest BCUT2D eigenvalue weighted by Crippen LogP contribution is -2.66. The molecule has 4 aromatic carbocycles. The number of rotatable bonds is 11. The summed E-state index contributed by atoms with van der Waals surface area (Å²) in [5.74, 6) is 0. The number of benzene rings is 4. The second kappa shape index (κ2) is 12.8. The fraction of sp³-hybridized carbons (Fsp3) is 0.351. The van der Waals surface area contributed by atoms with Crippen molar-refractivity contribution in [3.63, 3.8) is 0 Å². The zero-order chi connectivity index (χ0) is 28.7. The maximum atomic E-state index is 7.19. The first kappa shape index (κ1) is 30.2. The van der Waals surface area contributed by atoms with Crippen molar-refractivity contribution in [2.45, 2.75) is 76.9 Å². The molecule has 0 bridgehead atoms. The van der Waals surface area contributed by atoms with Crippen molar-refractivity contribution >= 4 is 37.1 Å². The standard InChI is InChI=1S/C37H48OSi2/c1-36(2,3)39(32-22-12-7-13-23-32,33-24-14-8-15-25-33)31-21-11-20-30-38-40(37(4,5)6,34-26-16-9-17-27-34)35-28-18-10-19-29-35/h7-10,12-19,22-29H,11,20-21,30-31H2,1-6H3. The largest absolute Gasteiger partial charge is 0.407 e. The van der Waals surface area contributed by atoms with Crippen LogP contribution >= 0.6 is 0 Å². The normalized spacial score (nSPS) is 12.8. The quantitative estimate of drug-likeness (QED) is 0.133. The molecule has 4 aromatic rings. The van der Waals surface area contributed by atoms with Crippen LogP contribution in [0.15, 0.2) is 121 Å². The fourth-order valence-corrected chi connectivity index (χ4v) is 17.1. The van der Waals surface area contributed by atoms with Gasteiger partial charge in [-0.1, -0.05) is 186 Å². The van der Waals surface area contributed by atoms with Gasteiger partial charge in [0.15, 0.2) is 0 Å². The molecule has 40 heavy (non-hydrogen) atoms. The number of hydrogen-bond donors (Lipinski definition) is 0. The number of hydrogen-bond acceptors (Lipinski definition) is 1. The van der Waals surface area contributed by atoms with Crippen molar-refractivity contribution in [3.8, 4) is 0 Å². The Balaban J connectivity index is 1.54. The lowest BCUT2D eigenvalue weighted by atomic mass is 10.2. The molecule has 0 saturated carbocycles. The minimum atomic E-state index is -2.47. The molecule has 0 spiro atoms. The molecule has 4 rings (SSSR count). The highest BCUT2D eigenvalue weighted by molar-refractivity contribution is 7.04. The molecule has 1 nitrogen and oxygen atoms in total. The van der Waals surface area contributed by atoms with Crippen molar-refractivity contribution in [1.29, 1.82) is 0 Å². The van der Waals surface area contributed by atoms with Gasteiger partial charge in [-0.2, -0.15) is 0 Å². The minimum Gasteiger partial charge on any atom is -0.407 e. The molecular formula is C37H48OSi2. The van der Waals surface area contributed by atoms with E-state index in [1.807, 2.05) is 0 Å². The first-order valence-corrected chi connectivity index (χ1v) is 19.1. The molecular weight excluding hydrogens is 517 g/mol. The molecule has 210 valence electrons. The molecule has 0 fully saturated rings. The van der Waals surface area contributed by atoms with Crippen LogP contribution in [-0.2, 0) is 4.43 Å². The maximum Gasteiger partial charge on any atom is 0.261 e. The van der Waals surface area contributed by atoms with E-state index in [0.717, 1.165) is 13.0 Å². The molecule has 0 N–H and O–H groups in total. The first-order chi connectivity index (χ1) is 19.1. The Hall–Kier alpha value is -2.73. The van der Waals surface area contributed by atoms with Gasteiger partial charge in [0.1, 0.15) is 8.07 Å². The lowest BCUT2D eigenvalue weighted by molar-refractivity contribution is 0.288. The predicted octanol–water partition coefficient (Wildman–Crippen LogP) is 7.80. The van der Waals surface area contributed by atoms with Gasteiger partial charge in [-0.05, 0) is 32.9 Å². The zero-order valence-electron chi connectivity index (χ0n) is 25.5. The average molecular weight is 565 g/mol. The third-order valence-electron chi connectivity index (χ3n) is 8.75. The Morgan fingerprint density at radius 3 is 1.18 bits per heavy atom. The van der Waals surface area contributed by atoms with Gasteiger partial charge in [-0.15, -0.1) is 0 Å². The summed E-state index contributed by atoms with van der Waals surface area (Å²) >= 11 is 0. The van der Waals surface area contributed by atoms with Gasteiger partial charge < -0.3 is 4.43 Å². The van der Waals surface area contributed by atoms with E-state index in [9.17, 15) is 0 Å². The smallest absolute Gasteiger partial charge is 0.261 e. The van der Waals surface area contributed by atoms with Crippen molar-refractivity contribution in [2.75, 3.05) is 6.61 Å². The Kier molecular flexibility index (Phi) is 9.71. The molecule has 0 unspecified atom stereocenters. The third kappa shape index (κ3) is 6.12. The van der Waals surface area contributed by atoms with Crippen LogP contribution in [-0.4, -0.2) is 23.0 Å². The molecule has 0 amide bonds. The van der Waals surface area contributed by atoms with Crippen LogP contribution in [0.4, 0.5) is 0 Å². The summed E-state index contributed by atoms with van der Waals surface area (Å²) in [6, 6.07) is 46.0. The SMILES string of the molecule is CC(C)(C)[Si](CCCCCO[Si](c1ccccc1)(c1ccccc1)C(C)(C)C)(c1ccccc1)c1ccccc1. The average Bonchev–Trinajstić information content (AvgIpc) is 2.95. The molecule has 0 saturated heterocycles. The van der Waals surface area contributed by atoms with Crippen molar-refractivity contribution < 1.29 is 4.43 Å². The summed E-state index contributed by atoms with van der Waals surface area (Å²) in [4.78, 5) is 0. The third-order valence-corrected chi connectivity index (χ3v) is 20.1. The van der Waals surface area contributed by atoms with Crippen LogP contribution in [0.5, 0.6) is 0 Å². The van der Waals surface area contributed by atoms with E-state index in [1.54, 1.807) is 10.4 Å². The van der Waals surface area contributed by atoms with E-state index >= 15 is 0 Å². The zero-order valence-corrected chi connectivity index (χ0v) is 27.5. The Morgan fingerprint density at radius 2 is 0.825 bits per heavy atom. The highest BCUT2D eigenvalue weighted by Gasteiger charge is 2.50. The Morgan fingerprint density at radius 1 is 0.450 bits per heavy atom. The summed E-state index contributed by atoms with van der Waals surface area (Å²) in [6.45, 7) is 15.3. The summed E-state index contributed by atoms with van der Waals surface area (Å²) in [5.41, 5.74) is 0. The second-order valence-corrected chi connectivity index (χ2v) is 22.5. The predicted molar refractivity (Wildman–Crippen MR) is 180 cm³/mol. The van der Waals surface area contributed by atoms with E-state index in [0.29, 0.717) is 0 Å². The van der Waals surface area contributed by atoms with Gasteiger partial charge in [0.2, 0.25) is 0 Å². The molecule has 0 radical (unpaired) electrons. The first-order valence-electron chi connectivity index (χ1n) is 15.0. The van der Waals surface area contributed by atoms with Gasteiger partial charge in [-0.25, -0.2) is 0 Å². The van der Waals surface area contributed by atoms with E-state index in [-0.39, 0.29) is 10.1 Å². The van der Waals surface area contributed by atoms with E-state index in [1.165, 1.54) is 29.3 Å².